The number of rotatable bonds is 3. The van der Waals surface area contributed by atoms with Crippen molar-refractivity contribution in [2.45, 2.75) is 13.8 Å². The number of benzene rings is 3. The molecule has 1 aromatic heterocycles. The largest absolute Gasteiger partial charge is 0.321 e. The third-order valence-electron chi connectivity index (χ3n) is 4.55. The number of aromatic nitrogens is 1. The SMILES string of the molecule is Cc1cccc(C(=O)Nc2ccccc2-c2nc3ccccc3s2)c1C. The zero-order valence-corrected chi connectivity index (χ0v) is 15.4. The highest BCUT2D eigenvalue weighted by atomic mass is 32.1. The Morgan fingerprint density at radius 3 is 2.54 bits per heavy atom. The van der Waals surface area contributed by atoms with E-state index >= 15 is 0 Å². The first-order chi connectivity index (χ1) is 12.6. The highest BCUT2D eigenvalue weighted by Gasteiger charge is 2.15. The van der Waals surface area contributed by atoms with Crippen molar-refractivity contribution in [2.24, 2.45) is 0 Å². The molecule has 0 aliphatic rings. The minimum atomic E-state index is -0.0974. The summed E-state index contributed by atoms with van der Waals surface area (Å²) in [5.41, 5.74) is 5.50. The summed E-state index contributed by atoms with van der Waals surface area (Å²) in [7, 11) is 0. The second kappa shape index (κ2) is 6.73. The van der Waals surface area contributed by atoms with Crippen molar-refractivity contribution >= 4 is 33.1 Å². The van der Waals surface area contributed by atoms with E-state index in [1.807, 2.05) is 74.5 Å². The van der Waals surface area contributed by atoms with Gasteiger partial charge in [-0.15, -0.1) is 11.3 Å². The van der Waals surface area contributed by atoms with Crippen LogP contribution < -0.4 is 5.32 Å². The first-order valence-electron chi connectivity index (χ1n) is 8.46. The van der Waals surface area contributed by atoms with Crippen molar-refractivity contribution in [3.63, 3.8) is 0 Å². The van der Waals surface area contributed by atoms with E-state index in [-0.39, 0.29) is 5.91 Å². The maximum atomic E-state index is 12.8. The van der Waals surface area contributed by atoms with Gasteiger partial charge in [-0.2, -0.15) is 0 Å². The topological polar surface area (TPSA) is 42.0 Å². The number of thiazole rings is 1. The van der Waals surface area contributed by atoms with Gasteiger partial charge in [-0.1, -0.05) is 36.4 Å². The number of carbonyl (C=O) groups excluding carboxylic acids is 1. The Labute approximate surface area is 156 Å². The van der Waals surface area contributed by atoms with Crippen molar-refractivity contribution in [3.05, 3.63) is 83.4 Å². The molecule has 0 unspecified atom stereocenters. The first-order valence-corrected chi connectivity index (χ1v) is 9.27. The van der Waals surface area contributed by atoms with Gasteiger partial charge in [0.25, 0.3) is 5.91 Å². The molecule has 4 heteroatoms. The standard InChI is InChI=1S/C22H18N2OS/c1-14-8-7-10-16(15(14)2)21(25)23-18-11-4-3-9-17(18)22-24-19-12-5-6-13-20(19)26-22/h3-13H,1-2H3,(H,23,25). The second-order valence-corrected chi connectivity index (χ2v) is 7.26. The molecule has 26 heavy (non-hydrogen) atoms. The Morgan fingerprint density at radius 2 is 1.69 bits per heavy atom. The van der Waals surface area contributed by atoms with Crippen LogP contribution in [0.25, 0.3) is 20.8 Å². The number of hydrogen-bond donors (Lipinski definition) is 1. The Kier molecular flexibility index (Phi) is 4.27. The second-order valence-electron chi connectivity index (χ2n) is 6.23. The molecular weight excluding hydrogens is 340 g/mol. The van der Waals surface area contributed by atoms with Gasteiger partial charge in [-0.3, -0.25) is 4.79 Å². The Morgan fingerprint density at radius 1 is 0.923 bits per heavy atom. The summed E-state index contributed by atoms with van der Waals surface area (Å²) in [6, 6.07) is 21.7. The summed E-state index contributed by atoms with van der Waals surface area (Å²) < 4.78 is 1.14. The van der Waals surface area contributed by atoms with Crippen LogP contribution >= 0.6 is 11.3 Å². The van der Waals surface area contributed by atoms with Crippen LogP contribution in [-0.2, 0) is 0 Å². The minimum Gasteiger partial charge on any atom is -0.321 e. The molecule has 3 aromatic carbocycles. The van der Waals surface area contributed by atoms with E-state index in [1.54, 1.807) is 11.3 Å². The van der Waals surface area contributed by atoms with Crippen LogP contribution in [0.4, 0.5) is 5.69 Å². The normalized spacial score (nSPS) is 10.8. The Balaban J connectivity index is 1.72. The number of amides is 1. The van der Waals surface area contributed by atoms with E-state index in [0.717, 1.165) is 37.6 Å². The molecule has 4 aromatic rings. The zero-order valence-electron chi connectivity index (χ0n) is 14.6. The molecule has 128 valence electrons. The van der Waals surface area contributed by atoms with Gasteiger partial charge < -0.3 is 5.32 Å². The van der Waals surface area contributed by atoms with E-state index in [9.17, 15) is 4.79 Å². The number of hydrogen-bond acceptors (Lipinski definition) is 3. The lowest BCUT2D eigenvalue weighted by Crippen LogP contribution is -2.14. The molecule has 0 radical (unpaired) electrons. The summed E-state index contributed by atoms with van der Waals surface area (Å²) in [5.74, 6) is -0.0974. The molecule has 0 saturated heterocycles. The molecule has 0 atom stereocenters. The first kappa shape index (κ1) is 16.5. The molecule has 0 bridgehead atoms. The molecule has 3 nitrogen and oxygen atoms in total. The molecule has 1 N–H and O–H groups in total. The number of para-hydroxylation sites is 2. The number of nitrogens with zero attached hydrogens (tertiary/aromatic N) is 1. The van der Waals surface area contributed by atoms with Gasteiger partial charge in [0, 0.05) is 11.1 Å². The van der Waals surface area contributed by atoms with Gasteiger partial charge in [0.1, 0.15) is 5.01 Å². The molecule has 0 aliphatic carbocycles. The lowest BCUT2D eigenvalue weighted by Gasteiger charge is -2.12. The third kappa shape index (κ3) is 3.00. The van der Waals surface area contributed by atoms with Crippen LogP contribution in [0, 0.1) is 13.8 Å². The van der Waals surface area contributed by atoms with Crippen molar-refractivity contribution < 1.29 is 4.79 Å². The van der Waals surface area contributed by atoms with E-state index < -0.39 is 0 Å². The van der Waals surface area contributed by atoms with Gasteiger partial charge in [0.15, 0.2) is 0 Å². The van der Waals surface area contributed by atoms with Gasteiger partial charge in [0.2, 0.25) is 0 Å². The van der Waals surface area contributed by atoms with Crippen LogP contribution in [0.2, 0.25) is 0 Å². The van der Waals surface area contributed by atoms with Crippen LogP contribution in [0.1, 0.15) is 21.5 Å². The summed E-state index contributed by atoms with van der Waals surface area (Å²) in [6.07, 6.45) is 0. The third-order valence-corrected chi connectivity index (χ3v) is 5.62. The van der Waals surface area contributed by atoms with E-state index in [4.69, 9.17) is 4.98 Å². The molecule has 0 fully saturated rings. The molecule has 4 rings (SSSR count). The number of carbonyl (C=O) groups is 1. The number of nitrogens with one attached hydrogen (secondary N) is 1. The number of fused-ring (bicyclic) bond motifs is 1. The number of anilines is 1. The summed E-state index contributed by atoms with van der Waals surface area (Å²) >= 11 is 1.63. The van der Waals surface area contributed by atoms with Crippen LogP contribution in [0.15, 0.2) is 66.7 Å². The monoisotopic (exact) mass is 358 g/mol. The fourth-order valence-corrected chi connectivity index (χ4v) is 3.96. The van der Waals surface area contributed by atoms with Gasteiger partial charge >= 0.3 is 0 Å². The lowest BCUT2D eigenvalue weighted by atomic mass is 10.0. The van der Waals surface area contributed by atoms with Crippen molar-refractivity contribution in [2.75, 3.05) is 5.32 Å². The van der Waals surface area contributed by atoms with Crippen LogP contribution in [-0.4, -0.2) is 10.9 Å². The van der Waals surface area contributed by atoms with Crippen molar-refractivity contribution in [1.29, 1.82) is 0 Å². The Hall–Kier alpha value is -2.98. The Bertz CT molecular complexity index is 1080. The minimum absolute atomic E-state index is 0.0974. The van der Waals surface area contributed by atoms with E-state index in [1.165, 1.54) is 0 Å². The molecule has 0 saturated carbocycles. The lowest BCUT2D eigenvalue weighted by molar-refractivity contribution is 0.102. The predicted octanol–water partition coefficient (Wildman–Crippen LogP) is 5.83. The van der Waals surface area contributed by atoms with Crippen molar-refractivity contribution in [3.8, 4) is 10.6 Å². The maximum Gasteiger partial charge on any atom is 0.255 e. The van der Waals surface area contributed by atoms with E-state index in [0.29, 0.717) is 5.56 Å². The van der Waals surface area contributed by atoms with Gasteiger partial charge in [-0.25, -0.2) is 4.98 Å². The van der Waals surface area contributed by atoms with Gasteiger partial charge in [0.05, 0.1) is 15.9 Å². The fraction of sp³-hybridized carbons (Fsp3) is 0.0909. The average Bonchev–Trinajstić information content (AvgIpc) is 3.08. The van der Waals surface area contributed by atoms with Gasteiger partial charge in [-0.05, 0) is 55.3 Å². The summed E-state index contributed by atoms with van der Waals surface area (Å²) in [4.78, 5) is 17.5. The predicted molar refractivity (Wildman–Crippen MR) is 109 cm³/mol. The average molecular weight is 358 g/mol. The fourth-order valence-electron chi connectivity index (χ4n) is 2.95. The van der Waals surface area contributed by atoms with Crippen LogP contribution in [0.5, 0.6) is 0 Å². The highest BCUT2D eigenvalue weighted by molar-refractivity contribution is 7.21. The smallest absolute Gasteiger partial charge is 0.255 e. The molecule has 0 aliphatic heterocycles. The summed E-state index contributed by atoms with van der Waals surface area (Å²) in [6.45, 7) is 3.99. The van der Waals surface area contributed by atoms with Crippen LogP contribution in [0.3, 0.4) is 0 Å². The number of aryl methyl sites for hydroxylation is 1. The zero-order chi connectivity index (χ0) is 18.1. The molecular formula is C22H18N2OS. The maximum absolute atomic E-state index is 12.8. The highest BCUT2D eigenvalue weighted by Crippen LogP contribution is 2.34. The quantitative estimate of drug-likeness (QED) is 0.500. The van der Waals surface area contributed by atoms with E-state index in [2.05, 4.69) is 11.4 Å². The molecule has 1 heterocycles. The molecule has 0 spiro atoms. The molecule has 1 amide bonds. The summed E-state index contributed by atoms with van der Waals surface area (Å²) in [5, 5.41) is 3.97. The van der Waals surface area contributed by atoms with Crippen molar-refractivity contribution in [1.82, 2.24) is 4.98 Å².